The van der Waals surface area contributed by atoms with E-state index in [1.54, 1.807) is 6.07 Å². The van der Waals surface area contributed by atoms with Crippen LogP contribution < -0.4 is 11.5 Å². The molecule has 1 aliphatic rings. The number of hydrogen-bond acceptors (Lipinski definition) is 3. The summed E-state index contributed by atoms with van der Waals surface area (Å²) in [5, 5.41) is 0. The van der Waals surface area contributed by atoms with Crippen molar-refractivity contribution in [2.24, 2.45) is 17.4 Å². The summed E-state index contributed by atoms with van der Waals surface area (Å²) in [7, 11) is 0. The van der Waals surface area contributed by atoms with Gasteiger partial charge in [-0.2, -0.15) is 0 Å². The van der Waals surface area contributed by atoms with E-state index in [9.17, 15) is 4.79 Å². The smallest absolute Gasteiger partial charge is 0.248 e. The van der Waals surface area contributed by atoms with Crippen LogP contribution in [0, 0.1) is 5.92 Å². The van der Waals surface area contributed by atoms with Crippen molar-refractivity contribution in [1.82, 2.24) is 4.90 Å². The highest BCUT2D eigenvalue weighted by atomic mass is 35.5. The summed E-state index contributed by atoms with van der Waals surface area (Å²) in [6, 6.07) is 7.74. The zero-order chi connectivity index (χ0) is 12.4. The molecule has 18 heavy (non-hydrogen) atoms. The molecule has 1 fully saturated rings. The van der Waals surface area contributed by atoms with E-state index in [4.69, 9.17) is 11.5 Å². The van der Waals surface area contributed by atoms with Gasteiger partial charge in [-0.15, -0.1) is 12.4 Å². The summed E-state index contributed by atoms with van der Waals surface area (Å²) >= 11 is 0. The molecule has 1 saturated heterocycles. The molecule has 4 nitrogen and oxygen atoms in total. The predicted molar refractivity (Wildman–Crippen MR) is 74.6 cm³/mol. The number of benzene rings is 1. The van der Waals surface area contributed by atoms with Crippen LogP contribution in [-0.2, 0) is 6.54 Å². The lowest BCUT2D eigenvalue weighted by Gasteiger charge is -2.15. The molecule has 0 aromatic heterocycles. The first-order valence-electron chi connectivity index (χ1n) is 5.93. The van der Waals surface area contributed by atoms with Crippen LogP contribution in [0.4, 0.5) is 0 Å². The molecule has 2 rings (SSSR count). The van der Waals surface area contributed by atoms with Gasteiger partial charge in [0.25, 0.3) is 0 Å². The quantitative estimate of drug-likeness (QED) is 0.859. The lowest BCUT2D eigenvalue weighted by atomic mass is 10.1. The third-order valence-corrected chi connectivity index (χ3v) is 3.36. The summed E-state index contributed by atoms with van der Waals surface area (Å²) in [6.07, 6.45) is 0. The van der Waals surface area contributed by atoms with Gasteiger partial charge in [0, 0.05) is 31.2 Å². The molecular formula is C13H20ClN3O. The van der Waals surface area contributed by atoms with Gasteiger partial charge >= 0.3 is 0 Å². The van der Waals surface area contributed by atoms with Gasteiger partial charge in [0.15, 0.2) is 0 Å². The van der Waals surface area contributed by atoms with E-state index in [2.05, 4.69) is 11.8 Å². The molecule has 2 unspecified atom stereocenters. The number of hydrogen-bond donors (Lipinski definition) is 2. The highest BCUT2D eigenvalue weighted by molar-refractivity contribution is 5.92. The molecule has 0 aliphatic carbocycles. The maximum atomic E-state index is 11.1. The minimum Gasteiger partial charge on any atom is -0.366 e. The van der Waals surface area contributed by atoms with Crippen LogP contribution in [0.1, 0.15) is 22.8 Å². The first-order valence-corrected chi connectivity index (χ1v) is 5.93. The van der Waals surface area contributed by atoms with Gasteiger partial charge in [-0.25, -0.2) is 0 Å². The SMILES string of the molecule is CC1CN(Cc2cccc(C(N)=O)c2)CC1N.Cl. The largest absolute Gasteiger partial charge is 0.366 e. The molecule has 4 N–H and O–H groups in total. The van der Waals surface area contributed by atoms with E-state index in [-0.39, 0.29) is 24.4 Å². The second-order valence-electron chi connectivity index (χ2n) is 4.90. The van der Waals surface area contributed by atoms with Crippen LogP contribution in [0.25, 0.3) is 0 Å². The van der Waals surface area contributed by atoms with Gasteiger partial charge in [-0.3, -0.25) is 9.69 Å². The summed E-state index contributed by atoms with van der Waals surface area (Å²) in [4.78, 5) is 13.4. The summed E-state index contributed by atoms with van der Waals surface area (Å²) in [5.41, 5.74) is 12.9. The van der Waals surface area contributed by atoms with Crippen LogP contribution in [0.5, 0.6) is 0 Å². The van der Waals surface area contributed by atoms with Gasteiger partial charge in [-0.05, 0) is 23.6 Å². The molecular weight excluding hydrogens is 250 g/mol. The molecule has 0 bridgehead atoms. The minimum atomic E-state index is -0.377. The van der Waals surface area contributed by atoms with E-state index in [0.29, 0.717) is 11.5 Å². The molecule has 0 saturated carbocycles. The summed E-state index contributed by atoms with van der Waals surface area (Å²) in [6.45, 7) is 4.94. The van der Waals surface area contributed by atoms with E-state index in [0.717, 1.165) is 25.2 Å². The van der Waals surface area contributed by atoms with Crippen molar-refractivity contribution in [2.45, 2.75) is 19.5 Å². The molecule has 0 radical (unpaired) electrons. The highest BCUT2D eigenvalue weighted by Gasteiger charge is 2.26. The predicted octanol–water partition coefficient (Wildman–Crippen LogP) is 0.986. The maximum Gasteiger partial charge on any atom is 0.248 e. The number of nitrogens with zero attached hydrogens (tertiary/aromatic N) is 1. The molecule has 100 valence electrons. The van der Waals surface area contributed by atoms with E-state index >= 15 is 0 Å². The Kier molecular flexibility index (Phi) is 5.14. The Balaban J connectivity index is 0.00000162. The standard InChI is InChI=1S/C13H19N3O.ClH/c1-9-6-16(8-12(9)14)7-10-3-2-4-11(5-10)13(15)17;/h2-5,9,12H,6-8,14H2,1H3,(H2,15,17);1H. The average molecular weight is 270 g/mol. The van der Waals surface area contributed by atoms with Gasteiger partial charge in [-0.1, -0.05) is 19.1 Å². The summed E-state index contributed by atoms with van der Waals surface area (Å²) in [5.74, 6) is 0.160. The topological polar surface area (TPSA) is 72.3 Å². The first kappa shape index (κ1) is 15.0. The lowest BCUT2D eigenvalue weighted by Crippen LogP contribution is -2.28. The fourth-order valence-corrected chi connectivity index (χ4v) is 2.31. The molecule has 1 aromatic carbocycles. The molecule has 1 heterocycles. The van der Waals surface area contributed by atoms with Gasteiger partial charge in [0.1, 0.15) is 0 Å². The lowest BCUT2D eigenvalue weighted by molar-refractivity contribution is 0.1000. The van der Waals surface area contributed by atoms with Crippen molar-refractivity contribution >= 4 is 18.3 Å². The Morgan fingerprint density at radius 2 is 2.17 bits per heavy atom. The van der Waals surface area contributed by atoms with Gasteiger partial charge in [0.05, 0.1) is 0 Å². The number of carbonyl (C=O) groups is 1. The van der Waals surface area contributed by atoms with Gasteiger partial charge < -0.3 is 11.5 Å². The van der Waals surface area contributed by atoms with E-state index < -0.39 is 0 Å². The maximum absolute atomic E-state index is 11.1. The van der Waals surface area contributed by atoms with E-state index in [1.807, 2.05) is 18.2 Å². The van der Waals surface area contributed by atoms with Gasteiger partial charge in [0.2, 0.25) is 5.91 Å². The second-order valence-corrected chi connectivity index (χ2v) is 4.90. The number of nitrogens with two attached hydrogens (primary N) is 2. The third kappa shape index (κ3) is 3.45. The molecule has 5 heteroatoms. The number of halogens is 1. The third-order valence-electron chi connectivity index (χ3n) is 3.36. The second kappa shape index (κ2) is 6.18. The van der Waals surface area contributed by atoms with Crippen molar-refractivity contribution in [3.8, 4) is 0 Å². The first-order chi connectivity index (χ1) is 8.06. The molecule has 1 aromatic rings. The van der Waals surface area contributed by atoms with Crippen molar-refractivity contribution in [3.05, 3.63) is 35.4 Å². The zero-order valence-corrected chi connectivity index (χ0v) is 11.3. The Hall–Kier alpha value is -1.10. The van der Waals surface area contributed by atoms with Crippen molar-refractivity contribution in [3.63, 3.8) is 0 Å². The monoisotopic (exact) mass is 269 g/mol. The minimum absolute atomic E-state index is 0. The summed E-state index contributed by atoms with van der Waals surface area (Å²) < 4.78 is 0. The highest BCUT2D eigenvalue weighted by Crippen LogP contribution is 2.17. The zero-order valence-electron chi connectivity index (χ0n) is 10.5. The number of amides is 1. The molecule has 1 aliphatic heterocycles. The molecule has 0 spiro atoms. The number of carbonyl (C=O) groups excluding carboxylic acids is 1. The Morgan fingerprint density at radius 1 is 1.44 bits per heavy atom. The van der Waals surface area contributed by atoms with Crippen molar-refractivity contribution in [2.75, 3.05) is 13.1 Å². The van der Waals surface area contributed by atoms with Crippen molar-refractivity contribution < 1.29 is 4.79 Å². The molecule has 2 atom stereocenters. The normalized spacial score (nSPS) is 23.7. The number of likely N-dealkylation sites (tertiary alicyclic amines) is 1. The Morgan fingerprint density at radius 3 is 2.72 bits per heavy atom. The molecule has 1 amide bonds. The van der Waals surface area contributed by atoms with Crippen LogP contribution in [0.2, 0.25) is 0 Å². The van der Waals surface area contributed by atoms with Crippen LogP contribution in [0.3, 0.4) is 0 Å². The van der Waals surface area contributed by atoms with Crippen LogP contribution in [-0.4, -0.2) is 29.9 Å². The number of rotatable bonds is 3. The fraction of sp³-hybridized carbons (Fsp3) is 0.462. The van der Waals surface area contributed by atoms with Crippen LogP contribution in [0.15, 0.2) is 24.3 Å². The van der Waals surface area contributed by atoms with Crippen molar-refractivity contribution in [1.29, 1.82) is 0 Å². The number of primary amides is 1. The fourth-order valence-electron chi connectivity index (χ4n) is 2.31. The van der Waals surface area contributed by atoms with Crippen LogP contribution >= 0.6 is 12.4 Å². The Labute approximate surface area is 114 Å². The average Bonchev–Trinajstić information content (AvgIpc) is 2.58. The van der Waals surface area contributed by atoms with E-state index in [1.165, 1.54) is 0 Å². The Bertz CT molecular complexity index is 414.